The largest absolute Gasteiger partial charge is 0.422 e. The van der Waals surface area contributed by atoms with Crippen LogP contribution < -0.4 is 0 Å². The maximum atomic E-state index is 12.8. The molecule has 1 unspecified atom stereocenters. The van der Waals surface area contributed by atoms with Crippen molar-refractivity contribution in [2.45, 2.75) is 52.1 Å². The maximum absolute atomic E-state index is 12.8. The summed E-state index contributed by atoms with van der Waals surface area (Å²) in [6, 6.07) is 1.82. The van der Waals surface area contributed by atoms with Crippen LogP contribution in [0.2, 0.25) is 0 Å². The third-order valence-corrected chi connectivity index (χ3v) is 4.18. The molecular weight excluding hydrogens is 322 g/mol. The minimum absolute atomic E-state index is 0.0872. The van der Waals surface area contributed by atoms with E-state index in [1.54, 1.807) is 4.90 Å². The van der Waals surface area contributed by atoms with Gasteiger partial charge in [0, 0.05) is 23.6 Å². The Kier molecular flexibility index (Phi) is 4.64. The molecule has 1 saturated heterocycles. The first-order valence-corrected chi connectivity index (χ1v) is 8.55. The number of amides is 1. The van der Waals surface area contributed by atoms with Gasteiger partial charge in [-0.25, -0.2) is 0 Å². The van der Waals surface area contributed by atoms with Crippen molar-refractivity contribution in [2.24, 2.45) is 0 Å². The lowest BCUT2D eigenvalue weighted by molar-refractivity contribution is -0.0352. The molecule has 1 aliphatic rings. The third kappa shape index (κ3) is 3.73. The summed E-state index contributed by atoms with van der Waals surface area (Å²) in [5, 5.41) is 15.2. The highest BCUT2D eigenvalue weighted by Gasteiger charge is 2.31. The van der Waals surface area contributed by atoms with Crippen molar-refractivity contribution in [3.8, 4) is 0 Å². The van der Waals surface area contributed by atoms with Crippen molar-refractivity contribution >= 4 is 5.91 Å². The highest BCUT2D eigenvalue weighted by atomic mass is 16.5. The Morgan fingerprint density at radius 1 is 1.36 bits per heavy atom. The van der Waals surface area contributed by atoms with Crippen molar-refractivity contribution in [3.63, 3.8) is 0 Å². The molecule has 1 fully saturated rings. The average molecular weight is 347 g/mol. The molecule has 0 saturated carbocycles. The Morgan fingerprint density at radius 3 is 2.72 bits per heavy atom. The number of hydrogen-bond acceptors (Lipinski definition) is 6. The molecule has 3 heterocycles. The predicted octanol–water partition coefficient (Wildman–Crippen LogP) is 2.43. The molecule has 1 N–H and O–H groups in total. The number of nitrogens with zero attached hydrogens (tertiary/aromatic N) is 4. The first-order valence-electron chi connectivity index (χ1n) is 8.55. The Bertz CT molecular complexity index is 744. The van der Waals surface area contributed by atoms with E-state index in [0.29, 0.717) is 37.2 Å². The molecule has 2 aromatic heterocycles. The molecular formula is C17H25N5O3. The number of carbonyl (C=O) groups is 1. The molecule has 1 atom stereocenters. The lowest BCUT2D eigenvalue weighted by Crippen LogP contribution is -2.42. The van der Waals surface area contributed by atoms with E-state index in [4.69, 9.17) is 9.15 Å². The molecule has 0 aromatic carbocycles. The predicted molar refractivity (Wildman–Crippen MR) is 90.3 cm³/mol. The molecule has 0 spiro atoms. The first kappa shape index (κ1) is 17.6. The van der Waals surface area contributed by atoms with Crippen molar-refractivity contribution < 1.29 is 13.9 Å². The van der Waals surface area contributed by atoms with Gasteiger partial charge in [-0.1, -0.05) is 34.6 Å². The molecule has 0 aliphatic carbocycles. The van der Waals surface area contributed by atoms with E-state index in [1.807, 2.05) is 19.9 Å². The normalized spacial score (nSPS) is 18.8. The van der Waals surface area contributed by atoms with E-state index in [-0.39, 0.29) is 17.2 Å². The summed E-state index contributed by atoms with van der Waals surface area (Å²) in [5.41, 5.74) is 1.26. The van der Waals surface area contributed by atoms with Gasteiger partial charge < -0.3 is 14.1 Å². The molecule has 1 amide bonds. The van der Waals surface area contributed by atoms with Gasteiger partial charge >= 0.3 is 0 Å². The smallest absolute Gasteiger partial charge is 0.274 e. The van der Waals surface area contributed by atoms with E-state index in [0.717, 1.165) is 5.69 Å². The lowest BCUT2D eigenvalue weighted by atomic mass is 9.92. The second-order valence-corrected chi connectivity index (χ2v) is 7.66. The second-order valence-electron chi connectivity index (χ2n) is 7.66. The standard InChI is InChI=1S/C17H25N5O3/c1-10(2)14-20-21-15(25-14)12-9-22(6-7-24-12)16(23)11-8-13(19-18-11)17(3,4)5/h8,10,12H,6-7,9H2,1-5H3,(H,18,19). The van der Waals surface area contributed by atoms with E-state index in [9.17, 15) is 4.79 Å². The fourth-order valence-electron chi connectivity index (χ4n) is 2.57. The summed E-state index contributed by atoms with van der Waals surface area (Å²) in [7, 11) is 0. The van der Waals surface area contributed by atoms with Gasteiger partial charge in [0.25, 0.3) is 5.91 Å². The highest BCUT2D eigenvalue weighted by Crippen LogP contribution is 2.25. The number of nitrogens with one attached hydrogen (secondary N) is 1. The molecule has 8 heteroatoms. The van der Waals surface area contributed by atoms with E-state index < -0.39 is 6.10 Å². The number of carbonyl (C=O) groups excluding carboxylic acids is 1. The fourth-order valence-corrected chi connectivity index (χ4v) is 2.57. The zero-order valence-electron chi connectivity index (χ0n) is 15.4. The van der Waals surface area contributed by atoms with Gasteiger partial charge in [-0.15, -0.1) is 10.2 Å². The first-order chi connectivity index (χ1) is 11.8. The summed E-state index contributed by atoms with van der Waals surface area (Å²) in [4.78, 5) is 14.5. The van der Waals surface area contributed by atoms with Crippen LogP contribution >= 0.6 is 0 Å². The van der Waals surface area contributed by atoms with Crippen molar-refractivity contribution in [1.29, 1.82) is 0 Å². The minimum atomic E-state index is -0.404. The minimum Gasteiger partial charge on any atom is -0.422 e. The number of ether oxygens (including phenoxy) is 1. The topological polar surface area (TPSA) is 97.1 Å². The lowest BCUT2D eigenvalue weighted by Gasteiger charge is -2.30. The average Bonchev–Trinajstić information content (AvgIpc) is 3.23. The Morgan fingerprint density at radius 2 is 2.12 bits per heavy atom. The van der Waals surface area contributed by atoms with Gasteiger partial charge in [0.1, 0.15) is 5.69 Å². The zero-order chi connectivity index (χ0) is 18.2. The summed E-state index contributed by atoms with van der Waals surface area (Å²) in [6.07, 6.45) is -0.404. The number of rotatable bonds is 3. The summed E-state index contributed by atoms with van der Waals surface area (Å²) >= 11 is 0. The Labute approximate surface area is 146 Å². The third-order valence-electron chi connectivity index (χ3n) is 4.18. The summed E-state index contributed by atoms with van der Waals surface area (Å²) in [6.45, 7) is 11.5. The van der Waals surface area contributed by atoms with Crippen LogP contribution in [0.5, 0.6) is 0 Å². The van der Waals surface area contributed by atoms with Gasteiger partial charge in [0.05, 0.1) is 13.2 Å². The van der Waals surface area contributed by atoms with E-state index in [1.165, 1.54) is 0 Å². The molecule has 0 radical (unpaired) electrons. The van der Waals surface area contributed by atoms with Crippen LogP contribution in [0.1, 0.15) is 74.6 Å². The van der Waals surface area contributed by atoms with E-state index >= 15 is 0 Å². The van der Waals surface area contributed by atoms with Crippen LogP contribution in [-0.2, 0) is 10.2 Å². The van der Waals surface area contributed by atoms with E-state index in [2.05, 4.69) is 41.2 Å². The second kappa shape index (κ2) is 6.59. The van der Waals surface area contributed by atoms with Gasteiger partial charge in [0.15, 0.2) is 6.10 Å². The van der Waals surface area contributed by atoms with Crippen LogP contribution in [0, 0.1) is 0 Å². The highest BCUT2D eigenvalue weighted by molar-refractivity contribution is 5.92. The summed E-state index contributed by atoms with van der Waals surface area (Å²) < 4.78 is 11.4. The monoisotopic (exact) mass is 347 g/mol. The summed E-state index contributed by atoms with van der Waals surface area (Å²) in [5.74, 6) is 1.02. The van der Waals surface area contributed by atoms with Gasteiger partial charge in [-0.3, -0.25) is 9.89 Å². The van der Waals surface area contributed by atoms with Crippen LogP contribution in [0.25, 0.3) is 0 Å². The molecule has 3 rings (SSSR count). The Balaban J connectivity index is 1.72. The molecule has 1 aliphatic heterocycles. The van der Waals surface area contributed by atoms with Crippen LogP contribution in [0.3, 0.4) is 0 Å². The number of hydrogen-bond donors (Lipinski definition) is 1. The SMILES string of the molecule is CC(C)c1nnc(C2CN(C(=O)c3cc(C(C)(C)C)[nH]n3)CCO2)o1. The molecule has 2 aromatic rings. The number of aromatic nitrogens is 4. The maximum Gasteiger partial charge on any atom is 0.274 e. The molecule has 8 nitrogen and oxygen atoms in total. The van der Waals surface area contributed by atoms with Crippen molar-refractivity contribution in [1.82, 2.24) is 25.3 Å². The number of aromatic amines is 1. The van der Waals surface area contributed by atoms with Crippen LogP contribution in [0.15, 0.2) is 10.5 Å². The number of morpholine rings is 1. The number of H-pyrrole nitrogens is 1. The van der Waals surface area contributed by atoms with Crippen molar-refractivity contribution in [3.05, 3.63) is 29.2 Å². The van der Waals surface area contributed by atoms with Gasteiger partial charge in [-0.2, -0.15) is 5.10 Å². The van der Waals surface area contributed by atoms with Crippen molar-refractivity contribution in [2.75, 3.05) is 19.7 Å². The Hall–Kier alpha value is -2.22. The fraction of sp³-hybridized carbons (Fsp3) is 0.647. The quantitative estimate of drug-likeness (QED) is 0.916. The zero-order valence-corrected chi connectivity index (χ0v) is 15.4. The van der Waals surface area contributed by atoms with Gasteiger partial charge in [-0.05, 0) is 6.07 Å². The van der Waals surface area contributed by atoms with Gasteiger partial charge in [0.2, 0.25) is 11.8 Å². The molecule has 136 valence electrons. The molecule has 0 bridgehead atoms. The van der Waals surface area contributed by atoms with Crippen LogP contribution in [0.4, 0.5) is 0 Å². The molecule has 25 heavy (non-hydrogen) atoms. The van der Waals surface area contributed by atoms with Crippen LogP contribution in [-0.4, -0.2) is 50.9 Å².